The molecule has 0 amide bonds. The first-order chi connectivity index (χ1) is 5.52. The maximum atomic E-state index is 5.80. The van der Waals surface area contributed by atoms with Crippen molar-refractivity contribution in [2.75, 3.05) is 0 Å². The predicted molar refractivity (Wildman–Crippen MR) is 56.6 cm³/mol. The second kappa shape index (κ2) is 3.88. The Hall–Kier alpha value is 0.110. The van der Waals surface area contributed by atoms with E-state index in [9.17, 15) is 0 Å². The highest BCUT2D eigenvalue weighted by Gasteiger charge is 2.08. The molecular weight excluding hydrogens is 237 g/mol. The molecule has 1 nitrogen and oxygen atoms in total. The Balaban J connectivity index is 3.33. The topological polar surface area (TPSA) is 12.9 Å². The second-order valence-corrected chi connectivity index (χ2v) is 3.93. The summed E-state index contributed by atoms with van der Waals surface area (Å²) in [5, 5.41) is 0.985. The Morgan fingerprint density at radius 3 is 2.42 bits per heavy atom. The summed E-state index contributed by atoms with van der Waals surface area (Å²) < 4.78 is 0. The van der Waals surface area contributed by atoms with Crippen LogP contribution in [0.2, 0.25) is 15.2 Å². The van der Waals surface area contributed by atoms with Gasteiger partial charge in [0.25, 0.3) is 0 Å². The zero-order chi connectivity index (χ0) is 9.30. The molecule has 64 valence electrons. The summed E-state index contributed by atoms with van der Waals surface area (Å²) in [6, 6.07) is 1.53. The number of halogens is 3. The van der Waals surface area contributed by atoms with Gasteiger partial charge in [-0.05, 0) is 13.0 Å². The molecule has 0 saturated carbocycles. The predicted octanol–water partition coefficient (Wildman–Crippen LogP) is 3.78. The van der Waals surface area contributed by atoms with Crippen molar-refractivity contribution in [2.24, 2.45) is 0 Å². The quantitative estimate of drug-likeness (QED) is 0.421. The van der Waals surface area contributed by atoms with Crippen LogP contribution in [0.25, 0.3) is 0 Å². The first-order valence-corrected chi connectivity index (χ1v) is 4.59. The van der Waals surface area contributed by atoms with E-state index >= 15 is 0 Å². The summed E-state index contributed by atoms with van der Waals surface area (Å²) in [7, 11) is 0. The summed E-state index contributed by atoms with van der Waals surface area (Å²) in [5.41, 5.74) is 0.515. The van der Waals surface area contributed by atoms with Gasteiger partial charge in [-0.3, -0.25) is 0 Å². The van der Waals surface area contributed by atoms with Crippen molar-refractivity contribution in [1.82, 2.24) is 4.98 Å². The fraction of sp³-hybridized carbons (Fsp3) is 0.143. The first kappa shape index (κ1) is 10.2. The van der Waals surface area contributed by atoms with E-state index in [0.29, 0.717) is 20.6 Å². The highest BCUT2D eigenvalue weighted by Crippen LogP contribution is 2.25. The zero-order valence-corrected chi connectivity index (χ0v) is 9.15. The van der Waals surface area contributed by atoms with Crippen LogP contribution in [0.1, 0.15) is 12.6 Å². The van der Waals surface area contributed by atoms with Crippen LogP contribution in [0.5, 0.6) is 0 Å². The van der Waals surface area contributed by atoms with Crippen molar-refractivity contribution >= 4 is 51.9 Å². The van der Waals surface area contributed by atoms with Gasteiger partial charge in [0.1, 0.15) is 5.15 Å². The van der Waals surface area contributed by atoms with Gasteiger partial charge in [-0.2, -0.15) is 0 Å². The highest BCUT2D eigenvalue weighted by atomic mass is 35.5. The van der Waals surface area contributed by atoms with Crippen LogP contribution in [0.15, 0.2) is 6.07 Å². The Labute approximate surface area is 90.6 Å². The molecule has 0 aromatic carbocycles. The SMILES string of the molecule is CC(=S)c1nc(Cl)c(Cl)cc1Cl. The van der Waals surface area contributed by atoms with Gasteiger partial charge in [-0.15, -0.1) is 0 Å². The average molecular weight is 241 g/mol. The molecule has 0 radical (unpaired) electrons. The van der Waals surface area contributed by atoms with E-state index in [0.717, 1.165) is 0 Å². The lowest BCUT2D eigenvalue weighted by Crippen LogP contribution is -1.96. The van der Waals surface area contributed by atoms with Crippen LogP contribution >= 0.6 is 47.0 Å². The molecular formula is C7H4Cl3NS. The molecule has 5 heteroatoms. The largest absolute Gasteiger partial charge is 0.232 e. The van der Waals surface area contributed by atoms with Crippen molar-refractivity contribution in [1.29, 1.82) is 0 Å². The molecule has 0 spiro atoms. The third-order valence-corrected chi connectivity index (χ3v) is 2.37. The van der Waals surface area contributed by atoms with Crippen LogP contribution in [0, 0.1) is 0 Å². The zero-order valence-electron chi connectivity index (χ0n) is 6.07. The number of rotatable bonds is 1. The Kier molecular flexibility index (Phi) is 3.29. The van der Waals surface area contributed by atoms with Gasteiger partial charge in [-0.25, -0.2) is 4.98 Å². The van der Waals surface area contributed by atoms with Crippen LogP contribution in [-0.4, -0.2) is 9.85 Å². The summed E-state index contributed by atoms with van der Waals surface area (Å²) in [6.45, 7) is 1.73. The van der Waals surface area contributed by atoms with Crippen LogP contribution < -0.4 is 0 Å². The third-order valence-electron chi connectivity index (χ3n) is 1.22. The Morgan fingerprint density at radius 1 is 1.33 bits per heavy atom. The lowest BCUT2D eigenvalue weighted by Gasteiger charge is -2.02. The van der Waals surface area contributed by atoms with Gasteiger partial charge in [0.2, 0.25) is 0 Å². The molecule has 1 rings (SSSR count). The van der Waals surface area contributed by atoms with Gasteiger partial charge in [0.15, 0.2) is 0 Å². The fourth-order valence-corrected chi connectivity index (χ4v) is 1.54. The lowest BCUT2D eigenvalue weighted by molar-refractivity contribution is 1.30. The van der Waals surface area contributed by atoms with Gasteiger partial charge in [-0.1, -0.05) is 47.0 Å². The normalized spacial score (nSPS) is 10.0. The van der Waals surface area contributed by atoms with Gasteiger partial charge in [0, 0.05) is 4.86 Å². The monoisotopic (exact) mass is 239 g/mol. The van der Waals surface area contributed by atoms with E-state index in [-0.39, 0.29) is 5.15 Å². The minimum atomic E-state index is 0.222. The number of hydrogen-bond donors (Lipinski definition) is 0. The lowest BCUT2D eigenvalue weighted by atomic mass is 10.3. The maximum Gasteiger partial charge on any atom is 0.148 e. The van der Waals surface area contributed by atoms with Crippen molar-refractivity contribution in [3.63, 3.8) is 0 Å². The molecule has 1 aromatic rings. The molecule has 0 bridgehead atoms. The smallest absolute Gasteiger partial charge is 0.148 e. The fourth-order valence-electron chi connectivity index (χ4n) is 0.691. The molecule has 0 unspecified atom stereocenters. The standard InChI is InChI=1S/C7H4Cl3NS/c1-3(12)6-4(8)2-5(9)7(10)11-6/h2H,1H3. The number of thiocarbonyl (C=S) groups is 1. The minimum Gasteiger partial charge on any atom is -0.232 e. The van der Waals surface area contributed by atoms with Crippen LogP contribution in [0.4, 0.5) is 0 Å². The van der Waals surface area contributed by atoms with Gasteiger partial charge >= 0.3 is 0 Å². The molecule has 12 heavy (non-hydrogen) atoms. The summed E-state index contributed by atoms with van der Waals surface area (Å²) in [6.07, 6.45) is 0. The van der Waals surface area contributed by atoms with Crippen LogP contribution in [-0.2, 0) is 0 Å². The van der Waals surface area contributed by atoms with Gasteiger partial charge in [0.05, 0.1) is 15.7 Å². The molecule has 0 atom stereocenters. The summed E-state index contributed by atoms with van der Waals surface area (Å²) >= 11 is 22.0. The molecule has 0 aliphatic heterocycles. The van der Waals surface area contributed by atoms with Crippen molar-refractivity contribution in [3.05, 3.63) is 27.0 Å². The summed E-state index contributed by atoms with van der Waals surface area (Å²) in [4.78, 5) is 4.53. The second-order valence-electron chi connectivity index (χ2n) is 2.15. The van der Waals surface area contributed by atoms with Crippen molar-refractivity contribution in [2.45, 2.75) is 6.92 Å². The van der Waals surface area contributed by atoms with Gasteiger partial charge < -0.3 is 0 Å². The molecule has 1 heterocycles. The number of aromatic nitrogens is 1. The van der Waals surface area contributed by atoms with Crippen LogP contribution in [0.3, 0.4) is 0 Å². The molecule has 0 fully saturated rings. The Bertz CT molecular complexity index is 338. The van der Waals surface area contributed by atoms with Crippen molar-refractivity contribution < 1.29 is 0 Å². The van der Waals surface area contributed by atoms with E-state index in [4.69, 9.17) is 47.0 Å². The first-order valence-electron chi connectivity index (χ1n) is 3.05. The van der Waals surface area contributed by atoms with E-state index in [2.05, 4.69) is 4.98 Å². The van der Waals surface area contributed by atoms with E-state index in [1.807, 2.05) is 0 Å². The molecule has 0 aliphatic carbocycles. The molecule has 1 aromatic heterocycles. The third kappa shape index (κ3) is 2.07. The molecule has 0 saturated heterocycles. The van der Waals surface area contributed by atoms with E-state index in [1.54, 1.807) is 6.92 Å². The van der Waals surface area contributed by atoms with Crippen molar-refractivity contribution in [3.8, 4) is 0 Å². The Morgan fingerprint density at radius 2 is 1.92 bits per heavy atom. The highest BCUT2D eigenvalue weighted by molar-refractivity contribution is 7.80. The van der Waals surface area contributed by atoms with E-state index in [1.165, 1.54) is 6.07 Å². The minimum absolute atomic E-state index is 0.222. The molecule has 0 N–H and O–H groups in total. The molecule has 0 aliphatic rings. The number of hydrogen-bond acceptors (Lipinski definition) is 2. The average Bonchev–Trinajstić information content (AvgIpc) is 1.96. The summed E-state index contributed by atoms with van der Waals surface area (Å²) in [5.74, 6) is 0. The maximum absolute atomic E-state index is 5.80. The van der Waals surface area contributed by atoms with E-state index < -0.39 is 0 Å². The number of nitrogens with zero attached hydrogens (tertiary/aromatic N) is 1. The number of pyridine rings is 1.